The predicted octanol–water partition coefficient (Wildman–Crippen LogP) is 2.16. The number of carbonyl (C=O) groups is 1. The van der Waals surface area contributed by atoms with Crippen molar-refractivity contribution in [2.24, 2.45) is 5.10 Å². The fraction of sp³-hybridized carbons (Fsp3) is 0.143. The summed E-state index contributed by atoms with van der Waals surface area (Å²) in [5, 5.41) is 30.3. The molecular weight excluding hydrogens is 458 g/mol. The van der Waals surface area contributed by atoms with Crippen molar-refractivity contribution in [1.82, 2.24) is 30.7 Å². The maximum atomic E-state index is 13.0. The highest BCUT2D eigenvalue weighted by molar-refractivity contribution is 5.99. The van der Waals surface area contributed by atoms with Crippen LogP contribution in [0.1, 0.15) is 23.0 Å². The van der Waals surface area contributed by atoms with Gasteiger partial charge < -0.3 is 10.5 Å². The van der Waals surface area contributed by atoms with Crippen LogP contribution >= 0.6 is 0 Å². The van der Waals surface area contributed by atoms with Gasteiger partial charge in [0.2, 0.25) is 11.6 Å². The van der Waals surface area contributed by atoms with Crippen LogP contribution in [0.15, 0.2) is 58.3 Å². The summed E-state index contributed by atoms with van der Waals surface area (Å²) in [4.78, 5) is 23.5. The number of ether oxygens (including phenoxy) is 1. The van der Waals surface area contributed by atoms with Gasteiger partial charge in [0.25, 0.3) is 11.6 Å². The van der Waals surface area contributed by atoms with E-state index in [0.717, 1.165) is 10.2 Å². The molecule has 1 amide bonds. The van der Waals surface area contributed by atoms with Crippen LogP contribution in [-0.2, 0) is 6.42 Å². The second-order valence-corrected chi connectivity index (χ2v) is 7.25. The van der Waals surface area contributed by atoms with E-state index in [2.05, 4.69) is 35.8 Å². The largest absolute Gasteiger partial charge is 0.496 e. The van der Waals surface area contributed by atoms with Crippen LogP contribution in [-0.4, -0.2) is 49.0 Å². The Balaban J connectivity index is 1.65. The van der Waals surface area contributed by atoms with Gasteiger partial charge in [0.1, 0.15) is 11.4 Å². The highest BCUT2D eigenvalue weighted by atomic mass is 16.6. The van der Waals surface area contributed by atoms with E-state index in [1.165, 1.54) is 24.3 Å². The summed E-state index contributed by atoms with van der Waals surface area (Å²) in [5.41, 5.74) is 10.1. The number of amides is 1. The average molecular weight is 477 g/mol. The van der Waals surface area contributed by atoms with Crippen LogP contribution in [0.4, 0.5) is 11.5 Å². The van der Waals surface area contributed by atoms with Crippen molar-refractivity contribution in [2.45, 2.75) is 13.3 Å². The number of hydrogen-bond donors (Lipinski definition) is 2. The first-order valence-corrected chi connectivity index (χ1v) is 10.1. The van der Waals surface area contributed by atoms with Crippen molar-refractivity contribution in [3.63, 3.8) is 0 Å². The smallest absolute Gasteiger partial charge is 0.294 e. The van der Waals surface area contributed by atoms with Crippen LogP contribution in [0.2, 0.25) is 0 Å². The van der Waals surface area contributed by atoms with Gasteiger partial charge in [-0.15, -0.1) is 5.10 Å². The van der Waals surface area contributed by atoms with E-state index < -0.39 is 10.8 Å². The van der Waals surface area contributed by atoms with Gasteiger partial charge in [-0.25, -0.2) is 10.1 Å². The van der Waals surface area contributed by atoms with Crippen molar-refractivity contribution in [2.75, 3.05) is 12.8 Å². The summed E-state index contributed by atoms with van der Waals surface area (Å²) in [6.45, 7) is 1.75. The summed E-state index contributed by atoms with van der Waals surface area (Å²) < 4.78 is 11.1. The second kappa shape index (κ2) is 9.78. The van der Waals surface area contributed by atoms with Crippen LogP contribution in [0, 0.1) is 10.1 Å². The Morgan fingerprint density at radius 2 is 1.97 bits per heavy atom. The maximum Gasteiger partial charge on any atom is 0.294 e. The van der Waals surface area contributed by atoms with E-state index >= 15 is 0 Å². The molecule has 4 rings (SSSR count). The Morgan fingerprint density at radius 1 is 1.23 bits per heavy atom. The Morgan fingerprint density at radius 3 is 2.63 bits per heavy atom. The third kappa shape index (κ3) is 4.80. The molecule has 178 valence electrons. The van der Waals surface area contributed by atoms with E-state index in [1.807, 2.05) is 24.3 Å². The molecule has 0 bridgehead atoms. The lowest BCUT2D eigenvalue weighted by Gasteiger charge is -2.08. The number of anilines is 1. The van der Waals surface area contributed by atoms with Gasteiger partial charge in [0.15, 0.2) is 5.69 Å². The number of para-hydroxylation sites is 1. The number of rotatable bonds is 8. The quantitative estimate of drug-likeness (QED) is 0.216. The third-order valence-corrected chi connectivity index (χ3v) is 4.92. The molecule has 2 heterocycles. The predicted molar refractivity (Wildman–Crippen MR) is 123 cm³/mol. The van der Waals surface area contributed by atoms with Crippen molar-refractivity contribution >= 4 is 23.1 Å². The molecule has 0 aliphatic heterocycles. The Bertz CT molecular complexity index is 1410. The van der Waals surface area contributed by atoms with Crippen molar-refractivity contribution < 1.29 is 19.1 Å². The molecule has 4 aromatic rings. The molecule has 0 aliphatic rings. The molecule has 0 fully saturated rings. The molecule has 0 saturated heterocycles. The first kappa shape index (κ1) is 23.0. The highest BCUT2D eigenvalue weighted by Crippen LogP contribution is 2.28. The van der Waals surface area contributed by atoms with Gasteiger partial charge in [-0.1, -0.05) is 23.4 Å². The van der Waals surface area contributed by atoms with Crippen LogP contribution in [0.25, 0.3) is 17.1 Å². The van der Waals surface area contributed by atoms with Crippen molar-refractivity contribution in [3.05, 3.63) is 69.9 Å². The number of nitro groups is 1. The van der Waals surface area contributed by atoms with E-state index in [4.69, 9.17) is 10.5 Å². The number of carbonyl (C=O) groups excluding carboxylic acids is 1. The fourth-order valence-corrected chi connectivity index (χ4v) is 3.28. The molecule has 2 aromatic carbocycles. The molecule has 14 heteroatoms. The Hall–Kier alpha value is -5.14. The maximum absolute atomic E-state index is 13.0. The molecule has 0 aliphatic carbocycles. The number of nitrogens with two attached hydrogens (primary N) is 1. The Labute approximate surface area is 197 Å². The van der Waals surface area contributed by atoms with Gasteiger partial charge >= 0.3 is 0 Å². The SMILES string of the molecule is COc1ccccc1C/C(C)=N\NC(=O)c1nnn(-c2nonc2N)c1-c1ccc([N+](=O)[O-])cc1. The molecule has 35 heavy (non-hydrogen) atoms. The fourth-order valence-electron chi connectivity index (χ4n) is 3.28. The van der Waals surface area contributed by atoms with Crippen LogP contribution in [0.5, 0.6) is 5.75 Å². The first-order valence-electron chi connectivity index (χ1n) is 10.1. The topological polar surface area (TPSA) is 189 Å². The normalized spacial score (nSPS) is 11.3. The molecule has 0 saturated carbocycles. The molecule has 0 spiro atoms. The minimum absolute atomic E-state index is 0.000701. The first-order chi connectivity index (χ1) is 16.9. The summed E-state index contributed by atoms with van der Waals surface area (Å²) in [5.74, 6) is -0.0500. The minimum atomic E-state index is -0.668. The monoisotopic (exact) mass is 477 g/mol. The van der Waals surface area contributed by atoms with Crippen LogP contribution < -0.4 is 15.9 Å². The molecule has 2 aromatic heterocycles. The summed E-state index contributed by atoms with van der Waals surface area (Å²) in [6.07, 6.45) is 0.438. The van der Waals surface area contributed by atoms with Gasteiger partial charge in [0, 0.05) is 29.8 Å². The lowest BCUT2D eigenvalue weighted by atomic mass is 10.1. The number of benzene rings is 2. The number of nitrogens with one attached hydrogen (secondary N) is 1. The zero-order valence-corrected chi connectivity index (χ0v) is 18.6. The van der Waals surface area contributed by atoms with E-state index in [0.29, 0.717) is 23.4 Å². The van der Waals surface area contributed by atoms with Gasteiger partial charge in [0.05, 0.1) is 12.0 Å². The Kier molecular flexibility index (Phi) is 6.44. The van der Waals surface area contributed by atoms with Crippen molar-refractivity contribution in [3.8, 4) is 22.8 Å². The van der Waals surface area contributed by atoms with E-state index in [9.17, 15) is 14.9 Å². The van der Waals surface area contributed by atoms with E-state index in [1.54, 1.807) is 14.0 Å². The van der Waals surface area contributed by atoms with Gasteiger partial charge in [-0.2, -0.15) is 9.78 Å². The zero-order chi connectivity index (χ0) is 24.9. The minimum Gasteiger partial charge on any atom is -0.496 e. The number of nitrogen functional groups attached to an aromatic ring is 1. The zero-order valence-electron chi connectivity index (χ0n) is 18.6. The number of hydrazone groups is 1. The number of hydrogen-bond acceptors (Lipinski definition) is 11. The molecule has 3 N–H and O–H groups in total. The lowest BCUT2D eigenvalue weighted by molar-refractivity contribution is -0.384. The van der Waals surface area contributed by atoms with Gasteiger partial charge in [-0.3, -0.25) is 14.9 Å². The molecule has 14 nitrogen and oxygen atoms in total. The number of nitrogens with zero attached hydrogens (tertiary/aromatic N) is 7. The standard InChI is InChI=1S/C21H19N9O5/c1-12(11-14-5-3-4-6-16(14)34-2)23-25-21(31)17-18(13-7-9-15(10-8-13)30(32)33)29(28-24-17)20-19(22)26-35-27-20/h3-10H,11H2,1-2H3,(H2,22,26)(H,25,31)/b23-12-. The second-order valence-electron chi connectivity index (χ2n) is 7.25. The number of nitro benzene ring substituents is 1. The van der Waals surface area contributed by atoms with Crippen molar-refractivity contribution in [1.29, 1.82) is 0 Å². The van der Waals surface area contributed by atoms with Crippen LogP contribution in [0.3, 0.4) is 0 Å². The summed E-state index contributed by atoms with van der Waals surface area (Å²) in [6, 6.07) is 12.9. The highest BCUT2D eigenvalue weighted by Gasteiger charge is 2.25. The molecular formula is C21H19N9O5. The molecule has 0 radical (unpaired) electrons. The third-order valence-electron chi connectivity index (χ3n) is 4.92. The lowest BCUT2D eigenvalue weighted by Crippen LogP contribution is -2.21. The molecule has 0 atom stereocenters. The summed E-state index contributed by atoms with van der Waals surface area (Å²) in [7, 11) is 1.58. The number of aromatic nitrogens is 5. The molecule has 0 unspecified atom stereocenters. The number of methoxy groups -OCH3 is 1. The summed E-state index contributed by atoms with van der Waals surface area (Å²) >= 11 is 0. The number of non-ortho nitro benzene ring substituents is 1. The average Bonchev–Trinajstić information content (AvgIpc) is 3.49. The van der Waals surface area contributed by atoms with E-state index in [-0.39, 0.29) is 28.7 Å². The van der Waals surface area contributed by atoms with Gasteiger partial charge in [-0.05, 0) is 41.0 Å².